The smallest absolute Gasteiger partial charge is 0.256 e. The van der Waals surface area contributed by atoms with E-state index >= 15 is 0 Å². The fraction of sp³-hybridized carbons (Fsp3) is 0.867. The van der Waals surface area contributed by atoms with Crippen molar-refractivity contribution >= 4 is 11.7 Å². The predicted molar refractivity (Wildman–Crippen MR) is 76.1 cm³/mol. The van der Waals surface area contributed by atoms with Crippen LogP contribution in [-0.2, 0) is 4.79 Å². The predicted octanol–water partition coefficient (Wildman–Crippen LogP) is 1.66. The molecule has 0 unspecified atom stereocenters. The van der Waals surface area contributed by atoms with E-state index in [0.717, 1.165) is 44.7 Å². The zero-order chi connectivity index (χ0) is 13.6. The second kappa shape index (κ2) is 4.58. The molecule has 1 saturated carbocycles. The highest BCUT2D eigenvalue weighted by Crippen LogP contribution is 2.48. The van der Waals surface area contributed by atoms with Gasteiger partial charge in [0.25, 0.3) is 5.91 Å². The first kappa shape index (κ1) is 13.1. The Morgan fingerprint density at radius 1 is 1.47 bits per heavy atom. The van der Waals surface area contributed by atoms with Crippen molar-refractivity contribution in [2.45, 2.75) is 45.6 Å². The summed E-state index contributed by atoms with van der Waals surface area (Å²) in [5.41, 5.74) is -0.408. The second-order valence-electron chi connectivity index (χ2n) is 6.68. The Kier molecular flexibility index (Phi) is 3.16. The summed E-state index contributed by atoms with van der Waals surface area (Å²) < 4.78 is 0. The third-order valence-electron chi connectivity index (χ3n) is 4.97. The van der Waals surface area contributed by atoms with Crippen molar-refractivity contribution in [3.05, 3.63) is 0 Å². The maximum absolute atomic E-state index is 13.0. The Morgan fingerprint density at radius 3 is 2.95 bits per heavy atom. The molecule has 3 atom stereocenters. The zero-order valence-electron chi connectivity index (χ0n) is 12.3. The summed E-state index contributed by atoms with van der Waals surface area (Å²) in [6, 6.07) is 0. The first-order valence-electron chi connectivity index (χ1n) is 7.70. The summed E-state index contributed by atoms with van der Waals surface area (Å²) in [6.07, 6.45) is 2.98. The van der Waals surface area contributed by atoms with Crippen LogP contribution in [0.25, 0.3) is 0 Å². The average Bonchev–Trinajstić information content (AvgIpc) is 3.01. The Morgan fingerprint density at radius 2 is 2.26 bits per heavy atom. The van der Waals surface area contributed by atoms with Gasteiger partial charge in [-0.25, -0.2) is 0 Å². The molecule has 2 fully saturated rings. The number of hydrogen-bond donors (Lipinski definition) is 1. The Labute approximate surface area is 115 Å². The molecule has 4 nitrogen and oxygen atoms in total. The number of fused-ring (bicyclic) bond motifs is 2. The molecule has 2 heterocycles. The fourth-order valence-electron chi connectivity index (χ4n) is 4.10. The zero-order valence-corrected chi connectivity index (χ0v) is 12.3. The standard InChI is InChI=1S/C15H25N3O/c1-4-13-17-15(14(19)18(13)9-10(2)3)6-5-11-7-16-8-12(11)15/h10-12,16H,4-9H2,1-3H3/t11-,12+,15-/m0/s1. The molecule has 106 valence electrons. The van der Waals surface area contributed by atoms with Crippen LogP contribution >= 0.6 is 0 Å². The second-order valence-corrected chi connectivity index (χ2v) is 6.68. The van der Waals surface area contributed by atoms with Crippen LogP contribution in [0.1, 0.15) is 40.0 Å². The molecule has 1 saturated heterocycles. The minimum Gasteiger partial charge on any atom is -0.316 e. The molecule has 1 N–H and O–H groups in total. The monoisotopic (exact) mass is 263 g/mol. The lowest BCUT2D eigenvalue weighted by molar-refractivity contribution is -0.132. The first-order chi connectivity index (χ1) is 9.08. The molecule has 0 radical (unpaired) electrons. The summed E-state index contributed by atoms with van der Waals surface area (Å²) in [4.78, 5) is 19.9. The summed E-state index contributed by atoms with van der Waals surface area (Å²) >= 11 is 0. The summed E-state index contributed by atoms with van der Waals surface area (Å²) in [7, 11) is 0. The minimum absolute atomic E-state index is 0.286. The van der Waals surface area contributed by atoms with Crippen molar-refractivity contribution in [3.8, 4) is 0 Å². The normalized spacial score (nSPS) is 37.6. The third kappa shape index (κ3) is 1.83. The SMILES string of the molecule is CCC1=N[C@]2(CC[C@H]3CNC[C@H]32)C(=O)N1CC(C)C. The molecule has 2 aliphatic heterocycles. The number of nitrogens with one attached hydrogen (secondary N) is 1. The lowest BCUT2D eigenvalue weighted by atomic mass is 9.85. The van der Waals surface area contributed by atoms with E-state index in [0.29, 0.717) is 17.8 Å². The molecule has 3 rings (SSSR count). The number of amidine groups is 1. The molecule has 4 heteroatoms. The van der Waals surface area contributed by atoms with Gasteiger partial charge in [0, 0.05) is 25.4 Å². The fourth-order valence-corrected chi connectivity index (χ4v) is 4.10. The maximum Gasteiger partial charge on any atom is 0.256 e. The van der Waals surface area contributed by atoms with Crippen molar-refractivity contribution in [3.63, 3.8) is 0 Å². The molecule has 3 aliphatic rings. The van der Waals surface area contributed by atoms with Gasteiger partial charge < -0.3 is 5.32 Å². The van der Waals surface area contributed by atoms with Crippen LogP contribution in [0.4, 0.5) is 0 Å². The largest absolute Gasteiger partial charge is 0.316 e. The van der Waals surface area contributed by atoms with Crippen LogP contribution in [0.3, 0.4) is 0 Å². The van der Waals surface area contributed by atoms with Gasteiger partial charge in [0.2, 0.25) is 0 Å². The van der Waals surface area contributed by atoms with Gasteiger partial charge in [-0.15, -0.1) is 0 Å². The highest BCUT2D eigenvalue weighted by molar-refractivity contribution is 6.08. The van der Waals surface area contributed by atoms with Crippen molar-refractivity contribution in [1.29, 1.82) is 0 Å². The van der Waals surface area contributed by atoms with Crippen molar-refractivity contribution in [2.24, 2.45) is 22.7 Å². The number of rotatable bonds is 3. The van der Waals surface area contributed by atoms with E-state index in [-0.39, 0.29) is 5.91 Å². The van der Waals surface area contributed by atoms with Gasteiger partial charge in [-0.05, 0) is 31.2 Å². The molecule has 0 aromatic heterocycles. The molecule has 1 aliphatic carbocycles. The average molecular weight is 263 g/mol. The molecule has 19 heavy (non-hydrogen) atoms. The molecule has 0 bridgehead atoms. The number of carbonyl (C=O) groups excluding carboxylic acids is 1. The van der Waals surface area contributed by atoms with Crippen molar-refractivity contribution in [2.75, 3.05) is 19.6 Å². The molecule has 1 spiro atoms. The Bertz CT molecular complexity index is 418. The van der Waals surface area contributed by atoms with Gasteiger partial charge >= 0.3 is 0 Å². The van der Waals surface area contributed by atoms with Crippen LogP contribution in [0.5, 0.6) is 0 Å². The lowest BCUT2D eigenvalue weighted by Gasteiger charge is -2.28. The van der Waals surface area contributed by atoms with Gasteiger partial charge in [-0.2, -0.15) is 0 Å². The highest BCUT2D eigenvalue weighted by atomic mass is 16.2. The van der Waals surface area contributed by atoms with Gasteiger partial charge in [-0.3, -0.25) is 14.7 Å². The van der Waals surface area contributed by atoms with E-state index in [1.54, 1.807) is 0 Å². The maximum atomic E-state index is 13.0. The van der Waals surface area contributed by atoms with Crippen LogP contribution in [0, 0.1) is 17.8 Å². The molecular weight excluding hydrogens is 238 g/mol. The molecule has 0 aromatic rings. The summed E-state index contributed by atoms with van der Waals surface area (Å²) in [5.74, 6) is 2.89. The number of amides is 1. The Balaban J connectivity index is 1.91. The van der Waals surface area contributed by atoms with E-state index in [4.69, 9.17) is 4.99 Å². The van der Waals surface area contributed by atoms with Crippen molar-refractivity contribution in [1.82, 2.24) is 10.2 Å². The van der Waals surface area contributed by atoms with E-state index < -0.39 is 5.54 Å². The van der Waals surface area contributed by atoms with E-state index in [1.165, 1.54) is 0 Å². The quantitative estimate of drug-likeness (QED) is 0.841. The first-order valence-corrected chi connectivity index (χ1v) is 7.70. The summed E-state index contributed by atoms with van der Waals surface area (Å²) in [5, 5.41) is 3.44. The Hall–Kier alpha value is -0.900. The number of hydrogen-bond acceptors (Lipinski definition) is 3. The van der Waals surface area contributed by atoms with Gasteiger partial charge in [0.05, 0.1) is 0 Å². The summed E-state index contributed by atoms with van der Waals surface area (Å²) in [6.45, 7) is 9.30. The van der Waals surface area contributed by atoms with Crippen LogP contribution in [0.2, 0.25) is 0 Å². The number of carbonyl (C=O) groups is 1. The van der Waals surface area contributed by atoms with Gasteiger partial charge in [0.15, 0.2) is 0 Å². The number of aliphatic imine (C=N–C) groups is 1. The van der Waals surface area contributed by atoms with E-state index in [9.17, 15) is 4.79 Å². The van der Waals surface area contributed by atoms with Crippen LogP contribution in [0.15, 0.2) is 4.99 Å². The van der Waals surface area contributed by atoms with Gasteiger partial charge in [0.1, 0.15) is 11.4 Å². The van der Waals surface area contributed by atoms with Crippen LogP contribution < -0.4 is 5.32 Å². The molecular formula is C15H25N3O. The van der Waals surface area contributed by atoms with E-state index in [2.05, 4.69) is 26.1 Å². The molecule has 1 amide bonds. The lowest BCUT2D eigenvalue weighted by Crippen LogP contribution is -2.47. The molecule has 0 aromatic carbocycles. The topological polar surface area (TPSA) is 44.7 Å². The number of nitrogens with zero attached hydrogens (tertiary/aromatic N) is 2. The minimum atomic E-state index is -0.408. The highest BCUT2D eigenvalue weighted by Gasteiger charge is 2.59. The third-order valence-corrected chi connectivity index (χ3v) is 4.97. The van der Waals surface area contributed by atoms with Crippen molar-refractivity contribution < 1.29 is 4.79 Å². The van der Waals surface area contributed by atoms with Crippen LogP contribution in [-0.4, -0.2) is 41.8 Å². The van der Waals surface area contributed by atoms with E-state index in [1.807, 2.05) is 4.90 Å². The van der Waals surface area contributed by atoms with Gasteiger partial charge in [-0.1, -0.05) is 20.8 Å².